The van der Waals surface area contributed by atoms with Crippen LogP contribution in [-0.4, -0.2) is 30.9 Å². The van der Waals surface area contributed by atoms with Crippen LogP contribution in [0.5, 0.6) is 6.01 Å². The second kappa shape index (κ2) is 6.97. The van der Waals surface area contributed by atoms with E-state index in [9.17, 15) is 0 Å². The number of aryl methyl sites for hydroxylation is 1. The van der Waals surface area contributed by atoms with Crippen molar-refractivity contribution in [1.82, 2.24) is 24.3 Å². The highest BCUT2D eigenvalue weighted by Gasteiger charge is 2.11. The van der Waals surface area contributed by atoms with Crippen LogP contribution < -0.4 is 4.74 Å². The van der Waals surface area contributed by atoms with E-state index in [2.05, 4.69) is 24.3 Å². The molecule has 2 heterocycles. The first-order chi connectivity index (χ1) is 9.21. The van der Waals surface area contributed by atoms with E-state index in [4.69, 9.17) is 16.3 Å². The van der Waals surface area contributed by atoms with E-state index in [1.165, 1.54) is 23.3 Å². The first kappa shape index (κ1) is 14.4. The average molecular weight is 318 g/mol. The topological polar surface area (TPSA) is 73.7 Å². The highest BCUT2D eigenvalue weighted by atomic mass is 35.5. The molecule has 0 aromatic carbocycles. The molecule has 0 saturated heterocycles. The summed E-state index contributed by atoms with van der Waals surface area (Å²) in [6.45, 7) is 4.56. The molecule has 102 valence electrons. The van der Waals surface area contributed by atoms with Gasteiger partial charge in [0.1, 0.15) is 5.82 Å². The van der Waals surface area contributed by atoms with Crippen molar-refractivity contribution in [2.24, 2.45) is 0 Å². The van der Waals surface area contributed by atoms with Crippen molar-refractivity contribution in [3.63, 3.8) is 0 Å². The zero-order valence-electron chi connectivity index (χ0n) is 10.5. The molecule has 0 radical (unpaired) electrons. The Morgan fingerprint density at radius 2 is 2.05 bits per heavy atom. The van der Waals surface area contributed by atoms with Gasteiger partial charge in [0.2, 0.25) is 10.4 Å². The van der Waals surface area contributed by atoms with Gasteiger partial charge in [-0.05, 0) is 41.3 Å². The van der Waals surface area contributed by atoms with Gasteiger partial charge >= 0.3 is 6.01 Å². The predicted molar refractivity (Wildman–Crippen MR) is 74.0 cm³/mol. The van der Waals surface area contributed by atoms with Gasteiger partial charge in [0.25, 0.3) is 0 Å². The molecule has 19 heavy (non-hydrogen) atoms. The standard InChI is InChI=1S/C10H12ClN5OS2/c1-3-5-17-8-13-7(11)14-9(15-8)18-10-12-6(4-2)16-19-10/h3-5H2,1-2H3. The molecule has 0 unspecified atom stereocenters. The number of hydrogen-bond donors (Lipinski definition) is 0. The van der Waals surface area contributed by atoms with Crippen molar-refractivity contribution < 1.29 is 4.74 Å². The highest BCUT2D eigenvalue weighted by molar-refractivity contribution is 8.00. The van der Waals surface area contributed by atoms with Crippen LogP contribution in [0.3, 0.4) is 0 Å². The fourth-order valence-corrected chi connectivity index (χ4v) is 2.87. The van der Waals surface area contributed by atoms with E-state index < -0.39 is 0 Å². The van der Waals surface area contributed by atoms with Crippen molar-refractivity contribution in [1.29, 1.82) is 0 Å². The van der Waals surface area contributed by atoms with Gasteiger partial charge in [-0.15, -0.1) is 0 Å². The fourth-order valence-electron chi connectivity index (χ4n) is 1.12. The third-order valence-corrected chi connectivity index (χ3v) is 3.77. The minimum Gasteiger partial charge on any atom is -0.463 e. The van der Waals surface area contributed by atoms with Gasteiger partial charge < -0.3 is 4.74 Å². The number of nitrogens with zero attached hydrogens (tertiary/aromatic N) is 5. The van der Waals surface area contributed by atoms with Gasteiger partial charge in [0.15, 0.2) is 4.34 Å². The number of rotatable bonds is 6. The molecular weight excluding hydrogens is 306 g/mol. The molecule has 0 aliphatic heterocycles. The molecule has 2 aromatic heterocycles. The Kier molecular flexibility index (Phi) is 5.29. The number of hydrogen-bond acceptors (Lipinski definition) is 8. The zero-order valence-corrected chi connectivity index (χ0v) is 12.8. The highest BCUT2D eigenvalue weighted by Crippen LogP contribution is 2.27. The molecule has 0 N–H and O–H groups in total. The van der Waals surface area contributed by atoms with Crippen LogP contribution >= 0.6 is 34.9 Å². The molecule has 0 atom stereocenters. The van der Waals surface area contributed by atoms with Crippen molar-refractivity contribution in [2.75, 3.05) is 6.61 Å². The smallest absolute Gasteiger partial charge is 0.321 e. The summed E-state index contributed by atoms with van der Waals surface area (Å²) in [6, 6.07) is 0.240. The van der Waals surface area contributed by atoms with Crippen LogP contribution in [0, 0.1) is 0 Å². The lowest BCUT2D eigenvalue weighted by molar-refractivity contribution is 0.288. The maximum absolute atomic E-state index is 5.84. The Balaban J connectivity index is 2.12. The summed E-state index contributed by atoms with van der Waals surface area (Å²) >= 11 is 8.46. The summed E-state index contributed by atoms with van der Waals surface area (Å²) in [5.74, 6) is 0.815. The van der Waals surface area contributed by atoms with Crippen LogP contribution in [0.2, 0.25) is 5.28 Å². The molecule has 0 saturated carbocycles. The van der Waals surface area contributed by atoms with Crippen LogP contribution in [0.15, 0.2) is 9.50 Å². The van der Waals surface area contributed by atoms with Gasteiger partial charge in [-0.25, -0.2) is 4.98 Å². The molecule has 0 fully saturated rings. The van der Waals surface area contributed by atoms with Crippen molar-refractivity contribution in [2.45, 2.75) is 36.2 Å². The Morgan fingerprint density at radius 1 is 1.21 bits per heavy atom. The Morgan fingerprint density at radius 3 is 2.74 bits per heavy atom. The van der Waals surface area contributed by atoms with Crippen LogP contribution in [0.4, 0.5) is 0 Å². The molecule has 9 heteroatoms. The van der Waals surface area contributed by atoms with Gasteiger partial charge in [-0.3, -0.25) is 0 Å². The van der Waals surface area contributed by atoms with E-state index in [0.29, 0.717) is 11.8 Å². The molecule has 6 nitrogen and oxygen atoms in total. The SMILES string of the molecule is CCCOc1nc(Cl)nc(Sc2nc(CC)ns2)n1. The quantitative estimate of drug-likeness (QED) is 0.811. The lowest BCUT2D eigenvalue weighted by Gasteiger charge is -2.03. The zero-order chi connectivity index (χ0) is 13.7. The second-order valence-electron chi connectivity index (χ2n) is 3.45. The fraction of sp³-hybridized carbons (Fsp3) is 0.500. The van der Waals surface area contributed by atoms with Gasteiger partial charge in [-0.2, -0.15) is 19.3 Å². The van der Waals surface area contributed by atoms with Crippen LogP contribution in [-0.2, 0) is 6.42 Å². The molecule has 0 bridgehead atoms. The van der Waals surface area contributed by atoms with Crippen LogP contribution in [0.25, 0.3) is 0 Å². The second-order valence-corrected chi connectivity index (χ2v) is 5.75. The van der Waals surface area contributed by atoms with Gasteiger partial charge in [-0.1, -0.05) is 13.8 Å². The summed E-state index contributed by atoms with van der Waals surface area (Å²) in [4.78, 5) is 16.5. The first-order valence-electron chi connectivity index (χ1n) is 5.76. The van der Waals surface area contributed by atoms with E-state index >= 15 is 0 Å². The molecule has 0 spiro atoms. The monoisotopic (exact) mass is 317 g/mol. The number of halogens is 1. The Hall–Kier alpha value is -0.990. The summed E-state index contributed by atoms with van der Waals surface area (Å²) in [5, 5.41) is 0.578. The van der Waals surface area contributed by atoms with Gasteiger partial charge in [0.05, 0.1) is 6.61 Å². The minimum atomic E-state index is 0.115. The molecule has 2 aromatic rings. The molecule has 2 rings (SSSR count). The first-order valence-corrected chi connectivity index (χ1v) is 7.72. The maximum Gasteiger partial charge on any atom is 0.321 e. The number of ether oxygens (including phenoxy) is 1. The molecular formula is C10H12ClN5OS2. The lowest BCUT2D eigenvalue weighted by Crippen LogP contribution is -2.02. The average Bonchev–Trinajstić information content (AvgIpc) is 2.83. The summed E-state index contributed by atoms with van der Waals surface area (Å²) in [7, 11) is 0. The molecule has 0 amide bonds. The predicted octanol–water partition coefficient (Wildman–Crippen LogP) is 2.88. The van der Waals surface area contributed by atoms with E-state index in [1.54, 1.807) is 0 Å². The maximum atomic E-state index is 5.84. The third kappa shape index (κ3) is 4.26. The van der Waals surface area contributed by atoms with E-state index in [0.717, 1.165) is 23.0 Å². The van der Waals surface area contributed by atoms with Crippen molar-refractivity contribution >= 4 is 34.9 Å². The number of aromatic nitrogens is 5. The van der Waals surface area contributed by atoms with E-state index in [1.807, 2.05) is 13.8 Å². The largest absolute Gasteiger partial charge is 0.463 e. The summed E-state index contributed by atoms with van der Waals surface area (Å²) in [6.07, 6.45) is 1.68. The summed E-state index contributed by atoms with van der Waals surface area (Å²) < 4.78 is 10.3. The molecule has 0 aliphatic rings. The Labute approximate surface area is 124 Å². The normalized spacial score (nSPS) is 10.7. The third-order valence-electron chi connectivity index (χ3n) is 1.95. The van der Waals surface area contributed by atoms with Gasteiger partial charge in [0, 0.05) is 6.42 Å². The van der Waals surface area contributed by atoms with E-state index in [-0.39, 0.29) is 11.3 Å². The summed E-state index contributed by atoms with van der Waals surface area (Å²) in [5.41, 5.74) is 0. The Bertz CT molecular complexity index is 550. The van der Waals surface area contributed by atoms with Crippen molar-refractivity contribution in [3.05, 3.63) is 11.1 Å². The van der Waals surface area contributed by atoms with Crippen LogP contribution in [0.1, 0.15) is 26.1 Å². The van der Waals surface area contributed by atoms with Crippen molar-refractivity contribution in [3.8, 4) is 6.01 Å². The minimum absolute atomic E-state index is 0.115. The molecule has 0 aliphatic carbocycles. The lowest BCUT2D eigenvalue weighted by atomic mass is 10.5.